The number of pyridine rings is 1. The van der Waals surface area contributed by atoms with Crippen molar-refractivity contribution < 1.29 is 9.47 Å². The molecule has 0 aliphatic heterocycles. The van der Waals surface area contributed by atoms with Gasteiger partial charge in [0.2, 0.25) is 0 Å². The van der Waals surface area contributed by atoms with Gasteiger partial charge in [0.25, 0.3) is 11.5 Å². The molecule has 0 aliphatic rings. The van der Waals surface area contributed by atoms with Crippen LogP contribution in [0.25, 0.3) is 0 Å². The van der Waals surface area contributed by atoms with Gasteiger partial charge in [-0.15, -0.1) is 0 Å². The van der Waals surface area contributed by atoms with Crippen LogP contribution in [0.2, 0.25) is 5.02 Å². The van der Waals surface area contributed by atoms with Gasteiger partial charge in [0.1, 0.15) is 0 Å². The molecule has 0 spiro atoms. The van der Waals surface area contributed by atoms with E-state index in [1.54, 1.807) is 48.7 Å². The monoisotopic (exact) mass is 233 g/mol. The predicted molar refractivity (Wildman–Crippen MR) is 61.7 cm³/mol. The third kappa shape index (κ3) is 2.04. The van der Waals surface area contributed by atoms with Gasteiger partial charge < -0.3 is 0 Å². The molecule has 1 aromatic carbocycles. The molecule has 1 aromatic heterocycles. The van der Waals surface area contributed by atoms with Crippen molar-refractivity contribution in [2.45, 2.75) is 0 Å². The van der Waals surface area contributed by atoms with Gasteiger partial charge in [0, 0.05) is 22.7 Å². The summed E-state index contributed by atoms with van der Waals surface area (Å²) in [6.07, 6.45) is 1.63. The first kappa shape index (κ1) is 10.6. The summed E-state index contributed by atoms with van der Waals surface area (Å²) in [6, 6.07) is 11.9. The zero-order valence-corrected chi connectivity index (χ0v) is 9.19. The topological polar surface area (TPSA) is 47.0 Å². The average molecular weight is 234 g/mol. The van der Waals surface area contributed by atoms with Gasteiger partial charge in [0.05, 0.1) is 0 Å². The van der Waals surface area contributed by atoms with Crippen LogP contribution in [-0.4, -0.2) is 5.78 Å². The number of carbonyl (C=O) groups excluding carboxylic acids is 1. The summed E-state index contributed by atoms with van der Waals surface area (Å²) in [5, 5.41) is 0.602. The Morgan fingerprint density at radius 1 is 1.12 bits per heavy atom. The van der Waals surface area contributed by atoms with Crippen LogP contribution in [0, 0.1) is 0 Å². The number of aromatic nitrogens is 1. The first-order valence-electron chi connectivity index (χ1n) is 4.74. The fourth-order valence-corrected chi connectivity index (χ4v) is 1.52. The minimum Gasteiger partial charge on any atom is -0.282 e. The number of hydrogen-bond acceptors (Lipinski definition) is 2. The van der Waals surface area contributed by atoms with Gasteiger partial charge in [-0.05, 0) is 30.3 Å². The smallest absolute Gasteiger partial charge is 0.282 e. The van der Waals surface area contributed by atoms with E-state index in [2.05, 4.69) is 0 Å². The number of rotatable bonds is 2. The van der Waals surface area contributed by atoms with Crippen LogP contribution in [-0.2, 0) is 0 Å². The molecule has 0 fully saturated rings. The summed E-state index contributed by atoms with van der Waals surface area (Å²) < 4.78 is 1.30. The highest BCUT2D eigenvalue weighted by Crippen LogP contribution is 2.11. The highest BCUT2D eigenvalue weighted by atomic mass is 35.5. The number of carbonyl (C=O) groups is 1. The Labute approximate surface area is 98.1 Å². The molecule has 2 rings (SSSR count). The Morgan fingerprint density at radius 3 is 2.44 bits per heavy atom. The Bertz CT molecular complexity index is 523. The Balaban J connectivity index is 2.40. The number of nitrogens with two attached hydrogens (primary N) is 1. The van der Waals surface area contributed by atoms with Crippen molar-refractivity contribution in [3.63, 3.8) is 0 Å². The third-order valence-corrected chi connectivity index (χ3v) is 2.48. The molecule has 0 saturated carbocycles. The zero-order valence-electron chi connectivity index (χ0n) is 8.43. The fourth-order valence-electron chi connectivity index (χ4n) is 1.40. The molecule has 0 atom stereocenters. The molecular weight excluding hydrogens is 224 g/mol. The van der Waals surface area contributed by atoms with Crippen LogP contribution < -0.4 is 10.5 Å². The SMILES string of the molecule is N[n+]1ccccc1C(=O)c1ccc(Cl)cc1. The van der Waals surface area contributed by atoms with Gasteiger partial charge in [0.15, 0.2) is 6.20 Å². The van der Waals surface area contributed by atoms with E-state index >= 15 is 0 Å². The molecule has 16 heavy (non-hydrogen) atoms. The molecule has 1 heterocycles. The second-order valence-corrected chi connectivity index (χ2v) is 3.77. The quantitative estimate of drug-likeness (QED) is 0.486. The molecule has 2 N–H and O–H groups in total. The number of halogens is 1. The molecule has 80 valence electrons. The Kier molecular flexibility index (Phi) is 2.88. The van der Waals surface area contributed by atoms with Crippen LogP contribution in [0.1, 0.15) is 16.1 Å². The van der Waals surface area contributed by atoms with Crippen LogP contribution in [0.15, 0.2) is 48.7 Å². The van der Waals surface area contributed by atoms with E-state index in [0.29, 0.717) is 16.3 Å². The molecule has 2 aromatic rings. The second-order valence-electron chi connectivity index (χ2n) is 3.33. The summed E-state index contributed by atoms with van der Waals surface area (Å²) >= 11 is 5.75. The van der Waals surface area contributed by atoms with E-state index in [9.17, 15) is 4.79 Å². The van der Waals surface area contributed by atoms with Crippen molar-refractivity contribution >= 4 is 17.4 Å². The van der Waals surface area contributed by atoms with Crippen LogP contribution in [0.3, 0.4) is 0 Å². The summed E-state index contributed by atoms with van der Waals surface area (Å²) in [5.41, 5.74) is 1.000. The van der Waals surface area contributed by atoms with Crippen molar-refractivity contribution in [1.82, 2.24) is 0 Å². The summed E-state index contributed by atoms with van der Waals surface area (Å²) in [5.74, 6) is 5.53. The van der Waals surface area contributed by atoms with Crippen molar-refractivity contribution in [1.29, 1.82) is 0 Å². The maximum Gasteiger partial charge on any atom is 0.282 e. The molecule has 0 amide bonds. The fraction of sp³-hybridized carbons (Fsp3) is 0. The highest BCUT2D eigenvalue weighted by molar-refractivity contribution is 6.30. The van der Waals surface area contributed by atoms with Gasteiger partial charge in [-0.25, -0.2) is 5.84 Å². The Morgan fingerprint density at radius 2 is 1.81 bits per heavy atom. The average Bonchev–Trinajstić information content (AvgIpc) is 2.30. The van der Waals surface area contributed by atoms with Crippen molar-refractivity contribution in [2.75, 3.05) is 5.84 Å². The van der Waals surface area contributed by atoms with Crippen molar-refractivity contribution in [3.8, 4) is 0 Å². The maximum atomic E-state index is 12.0. The lowest BCUT2D eigenvalue weighted by atomic mass is 10.1. The first-order chi connectivity index (χ1) is 7.68. The molecule has 0 bridgehead atoms. The van der Waals surface area contributed by atoms with Gasteiger partial charge in [-0.3, -0.25) is 4.79 Å². The van der Waals surface area contributed by atoms with Gasteiger partial charge in [-0.1, -0.05) is 16.3 Å². The maximum absolute atomic E-state index is 12.0. The number of nitrogens with zero attached hydrogens (tertiary/aromatic N) is 1. The molecule has 0 saturated heterocycles. The summed E-state index contributed by atoms with van der Waals surface area (Å²) in [6.45, 7) is 0. The van der Waals surface area contributed by atoms with Crippen LogP contribution in [0.4, 0.5) is 0 Å². The lowest BCUT2D eigenvalue weighted by Gasteiger charge is -1.98. The predicted octanol–water partition coefficient (Wildman–Crippen LogP) is 1.57. The number of benzene rings is 1. The normalized spacial score (nSPS) is 10.1. The molecule has 4 heteroatoms. The van der Waals surface area contributed by atoms with Gasteiger partial charge >= 0.3 is 0 Å². The van der Waals surface area contributed by atoms with E-state index < -0.39 is 0 Å². The van der Waals surface area contributed by atoms with Crippen LogP contribution in [0.5, 0.6) is 0 Å². The second kappa shape index (κ2) is 4.33. The van der Waals surface area contributed by atoms with E-state index in [-0.39, 0.29) is 5.78 Å². The molecule has 0 aliphatic carbocycles. The molecule has 0 unspecified atom stereocenters. The lowest BCUT2D eigenvalue weighted by molar-refractivity contribution is -0.640. The van der Waals surface area contributed by atoms with Crippen molar-refractivity contribution in [2.24, 2.45) is 0 Å². The Hall–Kier alpha value is -1.87. The first-order valence-corrected chi connectivity index (χ1v) is 5.12. The number of hydrogen-bond donors (Lipinski definition) is 1. The lowest BCUT2D eigenvalue weighted by Crippen LogP contribution is -2.49. The summed E-state index contributed by atoms with van der Waals surface area (Å²) in [7, 11) is 0. The van der Waals surface area contributed by atoms with E-state index in [1.807, 2.05) is 0 Å². The molecule has 3 nitrogen and oxygen atoms in total. The number of nitrogen functional groups attached to an aromatic ring is 1. The zero-order chi connectivity index (χ0) is 11.5. The van der Waals surface area contributed by atoms with E-state index in [0.717, 1.165) is 0 Å². The van der Waals surface area contributed by atoms with Crippen molar-refractivity contribution in [3.05, 3.63) is 64.9 Å². The van der Waals surface area contributed by atoms with E-state index in [1.165, 1.54) is 4.68 Å². The standard InChI is InChI=1S/C12H9ClN2O/c13-10-6-4-9(5-7-10)12(16)11-3-1-2-8-15(11)14/h1-8H,(H-,14,16)/p+1. The highest BCUT2D eigenvalue weighted by Gasteiger charge is 2.18. The number of ketones is 1. The van der Waals surface area contributed by atoms with Crippen LogP contribution >= 0.6 is 11.6 Å². The summed E-state index contributed by atoms with van der Waals surface area (Å²) in [4.78, 5) is 12.0. The minimum atomic E-state index is -0.125. The molecule has 0 radical (unpaired) electrons. The largest absolute Gasteiger partial charge is 0.282 e. The molecular formula is C12H10ClN2O+. The van der Waals surface area contributed by atoms with Gasteiger partial charge in [-0.2, -0.15) is 0 Å². The minimum absolute atomic E-state index is 0.125. The van der Waals surface area contributed by atoms with E-state index in [4.69, 9.17) is 17.4 Å². The third-order valence-electron chi connectivity index (χ3n) is 2.23.